The number of carbonyl (C=O) groups excluding carboxylic acids is 1. The zero-order valence-electron chi connectivity index (χ0n) is 22.2. The Bertz CT molecular complexity index is 1010. The summed E-state index contributed by atoms with van der Waals surface area (Å²) in [4.78, 5) is 25.1. The third-order valence-electron chi connectivity index (χ3n) is 8.06. The molecule has 0 bridgehead atoms. The highest BCUT2D eigenvalue weighted by Gasteiger charge is 2.45. The maximum Gasteiger partial charge on any atom is 0.321 e. The molecule has 200 valence electrons. The topological polar surface area (TPSA) is 74.8 Å². The molecule has 1 aromatic carbocycles. The third-order valence-corrected chi connectivity index (χ3v) is 9.37. The Morgan fingerprint density at radius 3 is 2.38 bits per heavy atom. The maximum absolute atomic E-state index is 13.8. The van der Waals surface area contributed by atoms with Crippen LogP contribution in [0.25, 0.3) is 0 Å². The molecule has 37 heavy (non-hydrogen) atoms. The second-order valence-corrected chi connectivity index (χ2v) is 12.3. The number of benzene rings is 1. The lowest BCUT2D eigenvalue weighted by atomic mass is 9.94. The lowest BCUT2D eigenvalue weighted by Crippen LogP contribution is -2.48. The van der Waals surface area contributed by atoms with E-state index >= 15 is 0 Å². The minimum Gasteiger partial charge on any atom is -0.592 e. The average Bonchev–Trinajstić information content (AvgIpc) is 3.27. The van der Waals surface area contributed by atoms with Crippen molar-refractivity contribution in [3.05, 3.63) is 59.8 Å². The van der Waals surface area contributed by atoms with Crippen molar-refractivity contribution in [2.45, 2.75) is 94.5 Å². The van der Waals surface area contributed by atoms with Crippen LogP contribution in [0.2, 0.25) is 0 Å². The van der Waals surface area contributed by atoms with Crippen LogP contribution in [0.15, 0.2) is 53.7 Å². The molecule has 2 atom stereocenters. The van der Waals surface area contributed by atoms with Gasteiger partial charge in [-0.25, -0.2) is 9.78 Å². The van der Waals surface area contributed by atoms with Gasteiger partial charge in [0, 0.05) is 56.6 Å². The van der Waals surface area contributed by atoms with Crippen molar-refractivity contribution in [1.29, 1.82) is 0 Å². The predicted molar refractivity (Wildman–Crippen MR) is 147 cm³/mol. The van der Waals surface area contributed by atoms with Gasteiger partial charge in [0.25, 0.3) is 5.03 Å². The normalized spacial score (nSPS) is 23.2. The smallest absolute Gasteiger partial charge is 0.321 e. The van der Waals surface area contributed by atoms with Crippen molar-refractivity contribution in [2.24, 2.45) is 0 Å². The minimum atomic E-state index is -1.28. The number of likely N-dealkylation sites (tertiary alicyclic amines) is 1. The number of aromatic nitrogens is 1. The van der Waals surface area contributed by atoms with E-state index < -0.39 is 11.4 Å². The summed E-state index contributed by atoms with van der Waals surface area (Å²) in [6.45, 7) is 7.51. The summed E-state index contributed by atoms with van der Waals surface area (Å²) in [6, 6.07) is 15.7. The number of hydrogen-bond acceptors (Lipinski definition) is 5. The first-order valence-electron chi connectivity index (χ1n) is 14.0. The fourth-order valence-corrected chi connectivity index (χ4v) is 7.08. The molecule has 1 saturated carbocycles. The maximum atomic E-state index is 13.8. The zero-order chi connectivity index (χ0) is 25.8. The highest BCUT2D eigenvalue weighted by Crippen LogP contribution is 2.38. The van der Waals surface area contributed by atoms with Crippen LogP contribution >= 0.6 is 0 Å². The van der Waals surface area contributed by atoms with Gasteiger partial charge in [0.15, 0.2) is 0 Å². The molecular weight excluding hydrogens is 482 g/mol. The molecule has 2 saturated heterocycles. The van der Waals surface area contributed by atoms with Crippen LogP contribution in [0.4, 0.5) is 4.79 Å². The third kappa shape index (κ3) is 6.30. The number of nitrogens with one attached hydrogen (secondary N) is 1. The fraction of sp³-hybridized carbons (Fsp3) is 0.586. The summed E-state index contributed by atoms with van der Waals surface area (Å²) in [7, 11) is 0. The van der Waals surface area contributed by atoms with Crippen molar-refractivity contribution < 1.29 is 9.35 Å². The molecule has 0 radical (unpaired) electrons. The van der Waals surface area contributed by atoms with Crippen LogP contribution in [0.3, 0.4) is 0 Å². The highest BCUT2D eigenvalue weighted by molar-refractivity contribution is 7.89. The largest absolute Gasteiger partial charge is 0.592 e. The molecule has 1 aliphatic carbocycles. The monoisotopic (exact) mass is 523 g/mol. The van der Waals surface area contributed by atoms with E-state index in [4.69, 9.17) is 0 Å². The van der Waals surface area contributed by atoms with Crippen molar-refractivity contribution in [1.82, 2.24) is 24.4 Å². The van der Waals surface area contributed by atoms with E-state index in [1.807, 2.05) is 32.2 Å². The average molecular weight is 524 g/mol. The fourth-order valence-electron chi connectivity index (χ4n) is 6.19. The number of nitrogens with zero attached hydrogens (tertiary/aromatic N) is 4. The van der Waals surface area contributed by atoms with Crippen LogP contribution in [0.5, 0.6) is 0 Å². The van der Waals surface area contributed by atoms with Gasteiger partial charge >= 0.3 is 6.03 Å². The summed E-state index contributed by atoms with van der Waals surface area (Å²) in [5.41, 5.74) is 2.39. The standard InChI is InChI=1S/C29H41N5O2S/c1-22(2)31-37(36)28-14-13-23(19-30-28)20-32-17-15-26(16-18-32)34-27(24-9-5-3-6-10-24)21-33(29(34)35)25-11-7-4-8-12-25/h3,5-6,9-10,13-14,19,22,25-27,31H,4,7-8,11-12,15-18,20-21H2,1-2H3/t27-,37?/m0/s1. The van der Waals surface area contributed by atoms with E-state index in [1.165, 1.54) is 24.8 Å². The first-order chi connectivity index (χ1) is 18.0. The first-order valence-corrected chi connectivity index (χ1v) is 15.1. The van der Waals surface area contributed by atoms with Crippen LogP contribution in [-0.2, 0) is 17.9 Å². The van der Waals surface area contributed by atoms with E-state index in [9.17, 15) is 9.35 Å². The van der Waals surface area contributed by atoms with E-state index in [2.05, 4.69) is 54.7 Å². The lowest BCUT2D eigenvalue weighted by molar-refractivity contribution is 0.106. The van der Waals surface area contributed by atoms with Crippen molar-refractivity contribution >= 4 is 17.4 Å². The highest BCUT2D eigenvalue weighted by atomic mass is 32.2. The van der Waals surface area contributed by atoms with Crippen LogP contribution in [0.1, 0.15) is 76.0 Å². The molecule has 1 N–H and O–H groups in total. The van der Waals surface area contributed by atoms with Crippen molar-refractivity contribution in [3.8, 4) is 0 Å². The summed E-state index contributed by atoms with van der Waals surface area (Å²) >= 11 is -1.28. The SMILES string of the molecule is CC(C)N[S+]([O-])c1ccc(CN2CCC(N3C(=O)N(C4CCCCC4)C[C@H]3c3ccccc3)CC2)cn1. The molecule has 0 spiro atoms. The van der Waals surface area contributed by atoms with Crippen LogP contribution < -0.4 is 4.72 Å². The van der Waals surface area contributed by atoms with Gasteiger partial charge in [0.05, 0.1) is 17.4 Å². The zero-order valence-corrected chi connectivity index (χ0v) is 23.0. The van der Waals surface area contributed by atoms with Gasteiger partial charge in [-0.05, 0) is 56.7 Å². The van der Waals surface area contributed by atoms with Crippen molar-refractivity contribution in [2.75, 3.05) is 19.6 Å². The van der Waals surface area contributed by atoms with Gasteiger partial charge in [0.2, 0.25) is 0 Å². The van der Waals surface area contributed by atoms with Crippen LogP contribution in [-0.4, -0.2) is 68.0 Å². The Hall–Kier alpha value is -2.13. The molecular formula is C29H41N5O2S. The van der Waals surface area contributed by atoms with Crippen LogP contribution in [0, 0.1) is 0 Å². The van der Waals surface area contributed by atoms with Gasteiger partial charge in [-0.3, -0.25) is 4.90 Å². The minimum absolute atomic E-state index is 0.141. The van der Waals surface area contributed by atoms with Gasteiger partial charge in [0.1, 0.15) is 0 Å². The Kier molecular flexibility index (Phi) is 8.70. The first kappa shape index (κ1) is 26.5. The Morgan fingerprint density at radius 1 is 1.00 bits per heavy atom. The number of rotatable bonds is 8. The molecule has 2 aromatic rings. The summed E-state index contributed by atoms with van der Waals surface area (Å²) in [6.07, 6.45) is 9.89. The molecule has 2 amide bonds. The summed E-state index contributed by atoms with van der Waals surface area (Å²) in [5.74, 6) is 0. The van der Waals surface area contributed by atoms with Gasteiger partial charge in [-0.15, -0.1) is 4.72 Å². The molecule has 8 heteroatoms. The Morgan fingerprint density at radius 2 is 1.73 bits per heavy atom. The Labute approximate surface area is 224 Å². The van der Waals surface area contributed by atoms with E-state index in [0.717, 1.165) is 57.4 Å². The molecule has 1 unspecified atom stereocenters. The molecule has 5 rings (SSSR count). The van der Waals surface area contributed by atoms with Gasteiger partial charge in [-0.1, -0.05) is 49.6 Å². The number of pyridine rings is 1. The number of hydrogen-bond donors (Lipinski definition) is 1. The molecule has 2 aliphatic heterocycles. The molecule has 1 aromatic heterocycles. The number of piperidine rings is 1. The summed E-state index contributed by atoms with van der Waals surface area (Å²) in [5, 5.41) is 0.568. The molecule has 3 aliphatic rings. The van der Waals surface area contributed by atoms with Gasteiger partial charge in [-0.2, -0.15) is 0 Å². The number of urea groups is 1. The number of amides is 2. The second-order valence-electron chi connectivity index (χ2n) is 11.1. The lowest BCUT2D eigenvalue weighted by Gasteiger charge is -2.39. The Balaban J connectivity index is 1.22. The number of carbonyl (C=O) groups is 1. The molecule has 3 fully saturated rings. The molecule has 7 nitrogen and oxygen atoms in total. The second kappa shape index (κ2) is 12.2. The van der Waals surface area contributed by atoms with Gasteiger partial charge < -0.3 is 14.4 Å². The predicted octanol–water partition coefficient (Wildman–Crippen LogP) is 4.88. The summed E-state index contributed by atoms with van der Waals surface area (Å²) < 4.78 is 15.3. The van der Waals surface area contributed by atoms with E-state index in [0.29, 0.717) is 11.1 Å². The van der Waals surface area contributed by atoms with E-state index in [1.54, 1.807) is 0 Å². The van der Waals surface area contributed by atoms with Crippen molar-refractivity contribution in [3.63, 3.8) is 0 Å². The quantitative estimate of drug-likeness (QED) is 0.499. The molecule has 3 heterocycles. The van der Waals surface area contributed by atoms with E-state index in [-0.39, 0.29) is 24.2 Å².